The highest BCUT2D eigenvalue weighted by molar-refractivity contribution is 7.89. The number of nitrogens with zero attached hydrogens (tertiary/aromatic N) is 2. The van der Waals surface area contributed by atoms with E-state index in [0.717, 1.165) is 6.20 Å². The molecule has 0 unspecified atom stereocenters. The predicted molar refractivity (Wildman–Crippen MR) is 63.6 cm³/mol. The molecule has 1 N–H and O–H groups in total. The van der Waals surface area contributed by atoms with Crippen LogP contribution in [0.1, 0.15) is 6.42 Å². The second-order valence-corrected chi connectivity index (χ2v) is 6.45. The Labute approximate surface area is 109 Å². The highest BCUT2D eigenvalue weighted by Gasteiger charge is 2.32. The van der Waals surface area contributed by atoms with E-state index in [1.165, 1.54) is 10.4 Å². The average molecular weight is 297 g/mol. The summed E-state index contributed by atoms with van der Waals surface area (Å²) in [6.07, 6.45) is 0.989. The molecular formula is C9H10Cl2N2O3S. The zero-order valence-corrected chi connectivity index (χ0v) is 11.0. The second-order valence-electron chi connectivity index (χ2n) is 3.75. The van der Waals surface area contributed by atoms with Gasteiger partial charge < -0.3 is 5.11 Å². The number of pyridine rings is 1. The van der Waals surface area contributed by atoms with Gasteiger partial charge in [0.05, 0.1) is 11.1 Å². The van der Waals surface area contributed by atoms with E-state index in [4.69, 9.17) is 23.2 Å². The largest absolute Gasteiger partial charge is 0.392 e. The maximum absolute atomic E-state index is 12.1. The van der Waals surface area contributed by atoms with Crippen LogP contribution in [0.15, 0.2) is 17.2 Å². The van der Waals surface area contributed by atoms with Crippen LogP contribution in [0.3, 0.4) is 0 Å². The van der Waals surface area contributed by atoms with Gasteiger partial charge in [0.2, 0.25) is 10.0 Å². The van der Waals surface area contributed by atoms with E-state index in [1.54, 1.807) is 0 Å². The van der Waals surface area contributed by atoms with Crippen LogP contribution < -0.4 is 0 Å². The number of aromatic nitrogens is 1. The SMILES string of the molecule is O=S(=O)(c1cnc(Cl)c(Cl)c1)N1CC[C@H](O)C1. The lowest BCUT2D eigenvalue weighted by molar-refractivity contribution is 0.189. The third kappa shape index (κ3) is 2.56. The van der Waals surface area contributed by atoms with E-state index in [-0.39, 0.29) is 21.6 Å². The summed E-state index contributed by atoms with van der Waals surface area (Å²) in [6, 6.07) is 1.26. The minimum absolute atomic E-state index is 0.0130. The second kappa shape index (κ2) is 4.70. The fraction of sp³-hybridized carbons (Fsp3) is 0.444. The Morgan fingerprint density at radius 1 is 1.47 bits per heavy atom. The number of sulfonamides is 1. The minimum Gasteiger partial charge on any atom is -0.392 e. The summed E-state index contributed by atoms with van der Waals surface area (Å²) >= 11 is 11.4. The van der Waals surface area contributed by atoms with Crippen molar-refractivity contribution >= 4 is 33.2 Å². The number of rotatable bonds is 2. The zero-order valence-electron chi connectivity index (χ0n) is 8.68. The number of hydrogen-bond acceptors (Lipinski definition) is 4. The van der Waals surface area contributed by atoms with Gasteiger partial charge in [-0.25, -0.2) is 13.4 Å². The molecule has 8 heteroatoms. The van der Waals surface area contributed by atoms with E-state index in [0.29, 0.717) is 13.0 Å². The van der Waals surface area contributed by atoms with Crippen molar-refractivity contribution in [3.05, 3.63) is 22.4 Å². The Morgan fingerprint density at radius 2 is 2.18 bits per heavy atom. The molecule has 1 aliphatic heterocycles. The number of aliphatic hydroxyl groups excluding tert-OH is 1. The molecule has 2 rings (SSSR count). The normalized spacial score (nSPS) is 21.9. The molecule has 0 aromatic carbocycles. The van der Waals surface area contributed by atoms with Crippen LogP contribution in [0, 0.1) is 0 Å². The molecule has 94 valence electrons. The first-order valence-electron chi connectivity index (χ1n) is 4.90. The quantitative estimate of drug-likeness (QED) is 0.831. The van der Waals surface area contributed by atoms with Crippen LogP contribution in [0.25, 0.3) is 0 Å². The lowest BCUT2D eigenvalue weighted by Crippen LogP contribution is -2.29. The summed E-state index contributed by atoms with van der Waals surface area (Å²) in [5, 5.41) is 9.49. The summed E-state index contributed by atoms with van der Waals surface area (Å²) in [5.74, 6) is 0. The van der Waals surface area contributed by atoms with Crippen molar-refractivity contribution in [2.45, 2.75) is 17.4 Å². The van der Waals surface area contributed by atoms with E-state index < -0.39 is 16.1 Å². The van der Waals surface area contributed by atoms with Crippen LogP contribution in [0.5, 0.6) is 0 Å². The third-order valence-electron chi connectivity index (χ3n) is 2.54. The number of aliphatic hydroxyl groups is 1. The molecule has 0 aliphatic carbocycles. The molecule has 1 aliphatic rings. The molecular weight excluding hydrogens is 287 g/mol. The maximum atomic E-state index is 12.1. The molecule has 1 fully saturated rings. The van der Waals surface area contributed by atoms with Crippen molar-refractivity contribution in [3.8, 4) is 0 Å². The number of β-amino-alcohol motifs (C(OH)–C–C–N with tert-alkyl or cyclic N) is 1. The number of halogens is 2. The summed E-state index contributed by atoms with van der Waals surface area (Å²) in [5.41, 5.74) is 0. The molecule has 0 saturated carbocycles. The lowest BCUT2D eigenvalue weighted by atomic mass is 10.3. The van der Waals surface area contributed by atoms with Gasteiger partial charge in [0.25, 0.3) is 0 Å². The van der Waals surface area contributed by atoms with Crippen LogP contribution in [0.2, 0.25) is 10.2 Å². The first-order valence-corrected chi connectivity index (χ1v) is 7.10. The molecule has 17 heavy (non-hydrogen) atoms. The summed E-state index contributed by atoms with van der Waals surface area (Å²) in [6.45, 7) is 0.395. The Bertz CT molecular complexity index is 535. The summed E-state index contributed by atoms with van der Waals surface area (Å²) in [4.78, 5) is 3.69. The van der Waals surface area contributed by atoms with Gasteiger partial charge in [-0.15, -0.1) is 0 Å². The maximum Gasteiger partial charge on any atom is 0.244 e. The molecule has 1 aromatic rings. The molecule has 0 amide bonds. The van der Waals surface area contributed by atoms with Gasteiger partial charge in [-0.05, 0) is 12.5 Å². The molecule has 0 radical (unpaired) electrons. The van der Waals surface area contributed by atoms with Crippen LogP contribution in [0.4, 0.5) is 0 Å². The van der Waals surface area contributed by atoms with Gasteiger partial charge in [0.1, 0.15) is 10.0 Å². The molecule has 1 aromatic heterocycles. The van der Waals surface area contributed by atoms with Gasteiger partial charge in [-0.3, -0.25) is 0 Å². The molecule has 1 saturated heterocycles. The van der Waals surface area contributed by atoms with E-state index in [1.807, 2.05) is 0 Å². The Hall–Kier alpha value is -0.400. The summed E-state index contributed by atoms with van der Waals surface area (Å²) < 4.78 is 25.4. The van der Waals surface area contributed by atoms with Crippen molar-refractivity contribution in [2.75, 3.05) is 13.1 Å². The van der Waals surface area contributed by atoms with Crippen LogP contribution >= 0.6 is 23.2 Å². The van der Waals surface area contributed by atoms with Crippen molar-refractivity contribution < 1.29 is 13.5 Å². The summed E-state index contributed by atoms with van der Waals surface area (Å²) in [7, 11) is -3.64. The average Bonchev–Trinajstić information content (AvgIpc) is 2.69. The first kappa shape index (κ1) is 13.0. The van der Waals surface area contributed by atoms with Crippen molar-refractivity contribution in [1.82, 2.24) is 9.29 Å². The predicted octanol–water partition coefficient (Wildman–Crippen LogP) is 1.14. The molecule has 5 nitrogen and oxygen atoms in total. The van der Waals surface area contributed by atoms with E-state index in [2.05, 4.69) is 4.98 Å². The molecule has 0 spiro atoms. The minimum atomic E-state index is -3.64. The van der Waals surface area contributed by atoms with Crippen LogP contribution in [-0.4, -0.2) is 42.0 Å². The Morgan fingerprint density at radius 3 is 2.71 bits per heavy atom. The lowest BCUT2D eigenvalue weighted by Gasteiger charge is -2.15. The van der Waals surface area contributed by atoms with Crippen molar-refractivity contribution in [1.29, 1.82) is 0 Å². The highest BCUT2D eigenvalue weighted by atomic mass is 35.5. The standard InChI is InChI=1S/C9H10Cl2N2O3S/c10-8-3-7(4-12-9(8)11)17(15,16)13-2-1-6(14)5-13/h3-4,6,14H,1-2,5H2/t6-/m0/s1. The highest BCUT2D eigenvalue weighted by Crippen LogP contribution is 2.26. The smallest absolute Gasteiger partial charge is 0.244 e. The van der Waals surface area contributed by atoms with E-state index >= 15 is 0 Å². The Kier molecular flexibility index (Phi) is 3.61. The molecule has 0 bridgehead atoms. The fourth-order valence-corrected chi connectivity index (χ4v) is 3.42. The molecule has 2 heterocycles. The van der Waals surface area contributed by atoms with Gasteiger partial charge in [0.15, 0.2) is 0 Å². The number of hydrogen-bond donors (Lipinski definition) is 1. The first-order chi connectivity index (χ1) is 7.91. The van der Waals surface area contributed by atoms with Crippen molar-refractivity contribution in [3.63, 3.8) is 0 Å². The van der Waals surface area contributed by atoms with Gasteiger partial charge in [0, 0.05) is 19.3 Å². The third-order valence-corrected chi connectivity index (χ3v) is 5.05. The van der Waals surface area contributed by atoms with E-state index in [9.17, 15) is 13.5 Å². The van der Waals surface area contributed by atoms with Gasteiger partial charge >= 0.3 is 0 Å². The topological polar surface area (TPSA) is 70.5 Å². The van der Waals surface area contributed by atoms with Crippen molar-refractivity contribution in [2.24, 2.45) is 0 Å². The zero-order chi connectivity index (χ0) is 12.6. The monoisotopic (exact) mass is 296 g/mol. The Balaban J connectivity index is 2.35. The van der Waals surface area contributed by atoms with Gasteiger partial charge in [-0.2, -0.15) is 4.31 Å². The van der Waals surface area contributed by atoms with Gasteiger partial charge in [-0.1, -0.05) is 23.2 Å². The fourth-order valence-electron chi connectivity index (χ4n) is 1.62. The van der Waals surface area contributed by atoms with Crippen LogP contribution in [-0.2, 0) is 10.0 Å². The molecule has 1 atom stereocenters.